The van der Waals surface area contributed by atoms with Gasteiger partial charge in [-0.15, -0.1) is 0 Å². The minimum absolute atomic E-state index is 0.192. The molecule has 4 nitrogen and oxygen atoms in total. The molecule has 0 aromatic heterocycles. The van der Waals surface area contributed by atoms with Crippen LogP contribution in [-0.2, 0) is 14.3 Å². The van der Waals surface area contributed by atoms with Crippen LogP contribution in [0.3, 0.4) is 0 Å². The summed E-state index contributed by atoms with van der Waals surface area (Å²) in [5.74, 6) is 0.346. The summed E-state index contributed by atoms with van der Waals surface area (Å²) < 4.78 is 4.60. The van der Waals surface area contributed by atoms with E-state index < -0.39 is 0 Å². The van der Waals surface area contributed by atoms with Crippen molar-refractivity contribution in [2.75, 3.05) is 20.2 Å². The van der Waals surface area contributed by atoms with E-state index >= 15 is 0 Å². The molecule has 0 saturated carbocycles. The Morgan fingerprint density at radius 2 is 2.29 bits per heavy atom. The van der Waals surface area contributed by atoms with Crippen LogP contribution in [0, 0.1) is 5.92 Å². The summed E-state index contributed by atoms with van der Waals surface area (Å²) in [7, 11) is 1.36. The molecule has 1 fully saturated rings. The molecule has 1 heterocycles. The first kappa shape index (κ1) is 13.7. The van der Waals surface area contributed by atoms with Gasteiger partial charge >= 0.3 is 5.97 Å². The van der Waals surface area contributed by atoms with Gasteiger partial charge in [-0.2, -0.15) is 0 Å². The molecule has 1 saturated heterocycles. The van der Waals surface area contributed by atoms with Gasteiger partial charge in [0, 0.05) is 25.1 Å². The zero-order valence-corrected chi connectivity index (χ0v) is 10.9. The van der Waals surface area contributed by atoms with E-state index in [2.05, 4.69) is 11.7 Å². The number of nitrogens with zero attached hydrogens (tertiary/aromatic N) is 1. The topological polar surface area (TPSA) is 46.6 Å². The summed E-state index contributed by atoms with van der Waals surface area (Å²) >= 11 is 0. The Bertz CT molecular complexity index is 323. The summed E-state index contributed by atoms with van der Waals surface area (Å²) in [6, 6.07) is 0. The van der Waals surface area contributed by atoms with Crippen LogP contribution in [0.25, 0.3) is 0 Å². The van der Waals surface area contributed by atoms with Crippen molar-refractivity contribution in [3.05, 3.63) is 11.6 Å². The van der Waals surface area contributed by atoms with Crippen LogP contribution in [0.1, 0.15) is 33.1 Å². The third kappa shape index (κ3) is 3.88. The predicted molar refractivity (Wildman–Crippen MR) is 65.4 cm³/mol. The van der Waals surface area contributed by atoms with Gasteiger partial charge < -0.3 is 9.64 Å². The summed E-state index contributed by atoms with van der Waals surface area (Å²) in [6.45, 7) is 5.17. The Labute approximate surface area is 103 Å². The van der Waals surface area contributed by atoms with Crippen LogP contribution in [0.15, 0.2) is 11.6 Å². The van der Waals surface area contributed by atoms with E-state index in [4.69, 9.17) is 0 Å². The van der Waals surface area contributed by atoms with Gasteiger partial charge in [-0.25, -0.2) is 4.79 Å². The molecular formula is C13H21NO3. The first-order valence-corrected chi connectivity index (χ1v) is 6.11. The second kappa shape index (κ2) is 6.42. The highest BCUT2D eigenvalue weighted by Gasteiger charge is 2.27. The lowest BCUT2D eigenvalue weighted by Crippen LogP contribution is -2.25. The first-order chi connectivity index (χ1) is 8.08. The van der Waals surface area contributed by atoms with Crippen molar-refractivity contribution in [2.45, 2.75) is 33.1 Å². The van der Waals surface area contributed by atoms with Gasteiger partial charge in [0.15, 0.2) is 0 Å². The van der Waals surface area contributed by atoms with Crippen LogP contribution in [0.5, 0.6) is 0 Å². The van der Waals surface area contributed by atoms with E-state index in [1.807, 2.05) is 4.90 Å². The minimum atomic E-state index is -0.332. The molecule has 0 radical (unpaired) electrons. The SMILES string of the molecule is CCCC1CC(=O)N(C/C=C(/C)C(=O)OC)C1. The third-order valence-corrected chi connectivity index (χ3v) is 3.12. The molecule has 1 unspecified atom stereocenters. The molecule has 1 aliphatic rings. The van der Waals surface area contributed by atoms with Crippen molar-refractivity contribution in [1.82, 2.24) is 4.90 Å². The number of ether oxygens (including phenoxy) is 1. The highest BCUT2D eigenvalue weighted by molar-refractivity contribution is 5.87. The molecule has 1 atom stereocenters. The summed E-state index contributed by atoms with van der Waals surface area (Å²) in [5.41, 5.74) is 0.555. The maximum absolute atomic E-state index is 11.7. The van der Waals surface area contributed by atoms with Gasteiger partial charge in [0.2, 0.25) is 5.91 Å². The Kier molecular flexibility index (Phi) is 5.19. The molecule has 0 aromatic rings. The van der Waals surface area contributed by atoms with Crippen molar-refractivity contribution >= 4 is 11.9 Å². The fourth-order valence-electron chi connectivity index (χ4n) is 2.12. The van der Waals surface area contributed by atoms with Crippen LogP contribution < -0.4 is 0 Å². The molecule has 1 amide bonds. The van der Waals surface area contributed by atoms with E-state index in [0.29, 0.717) is 24.5 Å². The minimum Gasteiger partial charge on any atom is -0.466 e. The van der Waals surface area contributed by atoms with Crippen molar-refractivity contribution < 1.29 is 14.3 Å². The normalized spacial score (nSPS) is 20.9. The van der Waals surface area contributed by atoms with Crippen molar-refractivity contribution in [3.63, 3.8) is 0 Å². The Morgan fingerprint density at radius 3 is 2.88 bits per heavy atom. The monoisotopic (exact) mass is 239 g/mol. The lowest BCUT2D eigenvalue weighted by atomic mass is 10.0. The molecule has 4 heteroatoms. The van der Waals surface area contributed by atoms with Crippen LogP contribution >= 0.6 is 0 Å². The lowest BCUT2D eigenvalue weighted by Gasteiger charge is -2.14. The number of likely N-dealkylation sites (tertiary alicyclic amines) is 1. The van der Waals surface area contributed by atoms with E-state index in [0.717, 1.165) is 19.4 Å². The summed E-state index contributed by atoms with van der Waals surface area (Å²) in [6.07, 6.45) is 4.63. The third-order valence-electron chi connectivity index (χ3n) is 3.12. The number of esters is 1. The largest absolute Gasteiger partial charge is 0.466 e. The van der Waals surface area contributed by atoms with Crippen LogP contribution in [0.2, 0.25) is 0 Å². The molecule has 1 rings (SSSR count). The van der Waals surface area contributed by atoms with E-state index in [1.165, 1.54) is 7.11 Å². The quantitative estimate of drug-likeness (QED) is 0.542. The number of hydrogen-bond acceptors (Lipinski definition) is 3. The fourth-order valence-corrected chi connectivity index (χ4v) is 2.12. The standard InChI is InChI=1S/C13H21NO3/c1-4-5-11-8-12(15)14(9-11)7-6-10(2)13(16)17-3/h6,11H,4-5,7-9H2,1-3H3/b10-6-. The van der Waals surface area contributed by atoms with E-state index in [1.54, 1.807) is 13.0 Å². The van der Waals surface area contributed by atoms with Gasteiger partial charge in [-0.05, 0) is 19.3 Å². The highest BCUT2D eigenvalue weighted by Crippen LogP contribution is 2.21. The number of amides is 1. The van der Waals surface area contributed by atoms with Crippen molar-refractivity contribution in [1.29, 1.82) is 0 Å². The predicted octanol–water partition coefficient (Wildman–Crippen LogP) is 1.75. The molecule has 0 aromatic carbocycles. The Hall–Kier alpha value is -1.32. The van der Waals surface area contributed by atoms with Crippen molar-refractivity contribution in [3.8, 4) is 0 Å². The van der Waals surface area contributed by atoms with Crippen LogP contribution in [0.4, 0.5) is 0 Å². The molecule has 0 spiro atoms. The second-order valence-corrected chi connectivity index (χ2v) is 4.54. The molecule has 96 valence electrons. The number of rotatable bonds is 5. The molecular weight excluding hydrogens is 218 g/mol. The average Bonchev–Trinajstić information content (AvgIpc) is 2.66. The molecule has 0 bridgehead atoms. The summed E-state index contributed by atoms with van der Waals surface area (Å²) in [5, 5.41) is 0. The zero-order chi connectivity index (χ0) is 12.8. The summed E-state index contributed by atoms with van der Waals surface area (Å²) in [4.78, 5) is 24.7. The molecule has 17 heavy (non-hydrogen) atoms. The Morgan fingerprint density at radius 1 is 1.59 bits per heavy atom. The van der Waals surface area contributed by atoms with Gasteiger partial charge in [-0.3, -0.25) is 4.79 Å². The lowest BCUT2D eigenvalue weighted by molar-refractivity contribution is -0.136. The van der Waals surface area contributed by atoms with Crippen molar-refractivity contribution in [2.24, 2.45) is 5.92 Å². The molecule has 0 N–H and O–H groups in total. The van der Waals surface area contributed by atoms with E-state index in [-0.39, 0.29) is 11.9 Å². The number of carbonyl (C=O) groups excluding carboxylic acids is 2. The number of hydrogen-bond donors (Lipinski definition) is 0. The fraction of sp³-hybridized carbons (Fsp3) is 0.692. The van der Waals surface area contributed by atoms with E-state index in [9.17, 15) is 9.59 Å². The maximum Gasteiger partial charge on any atom is 0.333 e. The average molecular weight is 239 g/mol. The smallest absolute Gasteiger partial charge is 0.333 e. The van der Waals surface area contributed by atoms with Gasteiger partial charge in [0.1, 0.15) is 0 Å². The Balaban J connectivity index is 2.47. The van der Waals surface area contributed by atoms with Gasteiger partial charge in [0.05, 0.1) is 7.11 Å². The van der Waals surface area contributed by atoms with Gasteiger partial charge in [0.25, 0.3) is 0 Å². The highest BCUT2D eigenvalue weighted by atomic mass is 16.5. The van der Waals surface area contributed by atoms with Gasteiger partial charge in [-0.1, -0.05) is 19.4 Å². The molecule has 1 aliphatic heterocycles. The number of carbonyl (C=O) groups is 2. The first-order valence-electron chi connectivity index (χ1n) is 6.11. The zero-order valence-electron chi connectivity index (χ0n) is 10.9. The molecule has 0 aliphatic carbocycles. The number of methoxy groups -OCH3 is 1. The van der Waals surface area contributed by atoms with Crippen LogP contribution in [-0.4, -0.2) is 37.0 Å². The second-order valence-electron chi connectivity index (χ2n) is 4.54. The maximum atomic E-state index is 11.7.